The molecule has 0 radical (unpaired) electrons. The number of rotatable bonds is 1. The summed E-state index contributed by atoms with van der Waals surface area (Å²) in [5, 5.41) is 3.40. The number of hydrogen-bond acceptors (Lipinski definition) is 3. The standard InChI is InChI=1S/C12H20N4/c13-10-1-2-11-7-15-12(16(11)8-10)9-3-5-14-6-4-9/h7,9-10,14H,1-6,8,13H2. The number of piperidine rings is 1. The van der Waals surface area contributed by atoms with Gasteiger partial charge in [0.25, 0.3) is 0 Å². The molecule has 16 heavy (non-hydrogen) atoms. The maximum atomic E-state index is 6.05. The second-order valence-corrected chi connectivity index (χ2v) is 5.04. The van der Waals surface area contributed by atoms with E-state index in [1.807, 2.05) is 0 Å². The van der Waals surface area contributed by atoms with Gasteiger partial charge in [0.15, 0.2) is 0 Å². The van der Waals surface area contributed by atoms with Gasteiger partial charge in [-0.15, -0.1) is 0 Å². The Bertz CT molecular complexity index is 365. The number of aromatic nitrogens is 2. The monoisotopic (exact) mass is 220 g/mol. The van der Waals surface area contributed by atoms with Gasteiger partial charge in [-0.2, -0.15) is 0 Å². The Morgan fingerprint density at radius 1 is 1.31 bits per heavy atom. The molecule has 1 aromatic heterocycles. The molecule has 3 N–H and O–H groups in total. The van der Waals surface area contributed by atoms with Gasteiger partial charge in [0.2, 0.25) is 0 Å². The fraction of sp³-hybridized carbons (Fsp3) is 0.750. The summed E-state index contributed by atoms with van der Waals surface area (Å²) in [7, 11) is 0. The summed E-state index contributed by atoms with van der Waals surface area (Å²) in [5.41, 5.74) is 7.43. The van der Waals surface area contributed by atoms with Crippen LogP contribution >= 0.6 is 0 Å². The minimum Gasteiger partial charge on any atom is -0.330 e. The topological polar surface area (TPSA) is 55.9 Å². The summed E-state index contributed by atoms with van der Waals surface area (Å²) in [6.45, 7) is 3.21. The van der Waals surface area contributed by atoms with Crippen LogP contribution in [0.5, 0.6) is 0 Å². The fourth-order valence-electron chi connectivity index (χ4n) is 2.90. The summed E-state index contributed by atoms with van der Waals surface area (Å²) in [6.07, 6.45) is 6.69. The van der Waals surface area contributed by atoms with E-state index in [0.717, 1.165) is 32.5 Å². The van der Waals surface area contributed by atoms with Gasteiger partial charge < -0.3 is 15.6 Å². The third-order valence-corrected chi connectivity index (χ3v) is 3.86. The molecule has 0 aromatic carbocycles. The van der Waals surface area contributed by atoms with Crippen LogP contribution in [0.25, 0.3) is 0 Å². The predicted octanol–water partition coefficient (Wildman–Crippen LogP) is 0.624. The highest BCUT2D eigenvalue weighted by Gasteiger charge is 2.24. The van der Waals surface area contributed by atoms with Gasteiger partial charge in [0.05, 0.1) is 0 Å². The third-order valence-electron chi connectivity index (χ3n) is 3.86. The molecule has 0 saturated carbocycles. The molecule has 0 spiro atoms. The molecule has 1 aromatic rings. The van der Waals surface area contributed by atoms with E-state index in [1.165, 1.54) is 24.4 Å². The van der Waals surface area contributed by atoms with Gasteiger partial charge >= 0.3 is 0 Å². The zero-order chi connectivity index (χ0) is 11.0. The van der Waals surface area contributed by atoms with Crippen molar-refractivity contribution >= 4 is 0 Å². The predicted molar refractivity (Wildman–Crippen MR) is 63.4 cm³/mol. The number of aryl methyl sites for hydroxylation is 1. The molecule has 0 bridgehead atoms. The van der Waals surface area contributed by atoms with Crippen molar-refractivity contribution in [2.45, 2.75) is 44.2 Å². The molecule has 4 nitrogen and oxygen atoms in total. The van der Waals surface area contributed by atoms with Gasteiger partial charge in [-0.1, -0.05) is 0 Å². The molecule has 1 atom stereocenters. The number of hydrogen-bond donors (Lipinski definition) is 2. The van der Waals surface area contributed by atoms with Crippen LogP contribution in [0.1, 0.15) is 36.7 Å². The van der Waals surface area contributed by atoms with E-state index in [-0.39, 0.29) is 0 Å². The quantitative estimate of drug-likeness (QED) is 0.729. The minimum absolute atomic E-state index is 0.321. The van der Waals surface area contributed by atoms with Crippen LogP contribution in [-0.4, -0.2) is 28.7 Å². The Kier molecular flexibility index (Phi) is 2.69. The lowest BCUT2D eigenvalue weighted by Crippen LogP contribution is -2.34. The zero-order valence-electron chi connectivity index (χ0n) is 9.65. The molecule has 3 heterocycles. The molecule has 2 aliphatic rings. The number of nitrogens with two attached hydrogens (primary N) is 1. The van der Waals surface area contributed by atoms with E-state index in [9.17, 15) is 0 Å². The van der Waals surface area contributed by atoms with Crippen molar-refractivity contribution in [1.82, 2.24) is 14.9 Å². The van der Waals surface area contributed by atoms with Gasteiger partial charge in [0.1, 0.15) is 5.82 Å². The lowest BCUT2D eigenvalue weighted by molar-refractivity contribution is 0.398. The first-order valence-electron chi connectivity index (χ1n) is 6.35. The second-order valence-electron chi connectivity index (χ2n) is 5.04. The van der Waals surface area contributed by atoms with Gasteiger partial charge in [-0.05, 0) is 38.8 Å². The molecule has 88 valence electrons. The number of nitrogens with one attached hydrogen (secondary N) is 1. The summed E-state index contributed by atoms with van der Waals surface area (Å²) < 4.78 is 2.38. The fourth-order valence-corrected chi connectivity index (χ4v) is 2.90. The number of nitrogens with zero attached hydrogens (tertiary/aromatic N) is 2. The largest absolute Gasteiger partial charge is 0.330 e. The van der Waals surface area contributed by atoms with Crippen LogP contribution in [0.2, 0.25) is 0 Å². The van der Waals surface area contributed by atoms with Gasteiger partial charge in [-0.3, -0.25) is 0 Å². The van der Waals surface area contributed by atoms with Gasteiger partial charge in [0, 0.05) is 30.4 Å². The highest BCUT2D eigenvalue weighted by Crippen LogP contribution is 2.27. The summed E-state index contributed by atoms with van der Waals surface area (Å²) in [4.78, 5) is 4.64. The Hall–Kier alpha value is -0.870. The highest BCUT2D eigenvalue weighted by atomic mass is 15.1. The van der Waals surface area contributed by atoms with Crippen LogP contribution in [0.4, 0.5) is 0 Å². The van der Waals surface area contributed by atoms with Crippen LogP contribution in [0.15, 0.2) is 6.20 Å². The zero-order valence-corrected chi connectivity index (χ0v) is 9.65. The summed E-state index contributed by atoms with van der Waals surface area (Å²) in [6, 6.07) is 0.321. The third kappa shape index (κ3) is 1.76. The van der Waals surface area contributed by atoms with E-state index in [0.29, 0.717) is 12.0 Å². The summed E-state index contributed by atoms with van der Waals surface area (Å²) in [5.74, 6) is 1.92. The Morgan fingerprint density at radius 3 is 2.94 bits per heavy atom. The van der Waals surface area contributed by atoms with E-state index in [2.05, 4.69) is 21.1 Å². The SMILES string of the molecule is NC1CCc2cnc(C3CCNCC3)n2C1. The molecule has 2 aliphatic heterocycles. The molecule has 3 rings (SSSR count). The van der Waals surface area contributed by atoms with Crippen molar-refractivity contribution in [1.29, 1.82) is 0 Å². The van der Waals surface area contributed by atoms with E-state index in [1.54, 1.807) is 0 Å². The maximum absolute atomic E-state index is 6.05. The Morgan fingerprint density at radius 2 is 2.12 bits per heavy atom. The van der Waals surface area contributed by atoms with Crippen molar-refractivity contribution < 1.29 is 0 Å². The normalized spacial score (nSPS) is 26.7. The maximum Gasteiger partial charge on any atom is 0.112 e. The van der Waals surface area contributed by atoms with E-state index in [4.69, 9.17) is 5.73 Å². The average molecular weight is 220 g/mol. The van der Waals surface area contributed by atoms with Crippen LogP contribution in [0, 0.1) is 0 Å². The number of fused-ring (bicyclic) bond motifs is 1. The van der Waals surface area contributed by atoms with E-state index < -0.39 is 0 Å². The second kappa shape index (κ2) is 4.18. The van der Waals surface area contributed by atoms with Crippen molar-refractivity contribution in [3.8, 4) is 0 Å². The Labute approximate surface area is 96.2 Å². The molecule has 4 heteroatoms. The molecular formula is C12H20N4. The molecule has 0 aliphatic carbocycles. The average Bonchev–Trinajstić information content (AvgIpc) is 2.73. The van der Waals surface area contributed by atoms with Crippen molar-refractivity contribution in [3.05, 3.63) is 17.7 Å². The number of imidazole rings is 1. The lowest BCUT2D eigenvalue weighted by Gasteiger charge is -2.27. The molecular weight excluding hydrogens is 200 g/mol. The lowest BCUT2D eigenvalue weighted by atomic mass is 9.96. The van der Waals surface area contributed by atoms with E-state index >= 15 is 0 Å². The molecule has 1 unspecified atom stereocenters. The summed E-state index contributed by atoms with van der Waals surface area (Å²) >= 11 is 0. The first-order valence-corrected chi connectivity index (χ1v) is 6.35. The van der Waals surface area contributed by atoms with Crippen LogP contribution in [0.3, 0.4) is 0 Å². The minimum atomic E-state index is 0.321. The van der Waals surface area contributed by atoms with Crippen LogP contribution in [-0.2, 0) is 13.0 Å². The molecule has 1 saturated heterocycles. The van der Waals surface area contributed by atoms with Crippen LogP contribution < -0.4 is 11.1 Å². The Balaban J connectivity index is 1.86. The van der Waals surface area contributed by atoms with Crippen molar-refractivity contribution in [3.63, 3.8) is 0 Å². The van der Waals surface area contributed by atoms with Crippen molar-refractivity contribution in [2.75, 3.05) is 13.1 Å². The van der Waals surface area contributed by atoms with Crippen molar-refractivity contribution in [2.24, 2.45) is 5.73 Å². The van der Waals surface area contributed by atoms with Gasteiger partial charge in [-0.25, -0.2) is 4.98 Å². The highest BCUT2D eigenvalue weighted by molar-refractivity contribution is 5.13. The smallest absolute Gasteiger partial charge is 0.112 e. The molecule has 1 fully saturated rings. The first kappa shape index (κ1) is 10.3. The first-order chi connectivity index (χ1) is 7.84. The molecule has 0 amide bonds.